The monoisotopic (exact) mass is 363 g/mol. The predicted molar refractivity (Wildman–Crippen MR) is 86.8 cm³/mol. The molecule has 0 spiro atoms. The Labute approximate surface area is 138 Å². The third-order valence-electron chi connectivity index (χ3n) is 4.01. The molecule has 1 aliphatic carbocycles. The zero-order valence-electron chi connectivity index (χ0n) is 12.4. The third-order valence-corrected chi connectivity index (χ3v) is 4.65. The third kappa shape index (κ3) is 3.25. The number of carbonyl (C=O) groups excluding carboxylic acids is 1. The Morgan fingerprint density at radius 1 is 1.32 bits per heavy atom. The number of methoxy groups -OCH3 is 1. The number of aromatic nitrogens is 1. The molecule has 1 aromatic heterocycles. The molecule has 0 aliphatic heterocycles. The quantitative estimate of drug-likeness (QED) is 0.755. The van der Waals surface area contributed by atoms with Gasteiger partial charge in [0, 0.05) is 12.2 Å². The van der Waals surface area contributed by atoms with Gasteiger partial charge in [-0.2, -0.15) is 0 Å². The number of hydrogen-bond acceptors (Lipinski definition) is 3. The number of ether oxygens (including phenoxy) is 2. The molecular formula is C17H18BrNO3. The lowest BCUT2D eigenvalue weighted by Crippen LogP contribution is -2.33. The van der Waals surface area contributed by atoms with Crippen LogP contribution in [-0.2, 0) is 16.1 Å². The highest BCUT2D eigenvalue weighted by molar-refractivity contribution is 9.10. The zero-order valence-corrected chi connectivity index (χ0v) is 14.0. The average molecular weight is 364 g/mol. The summed E-state index contributed by atoms with van der Waals surface area (Å²) in [4.78, 5) is 11.6. The summed E-state index contributed by atoms with van der Waals surface area (Å²) >= 11 is 3.50. The van der Waals surface area contributed by atoms with Crippen molar-refractivity contribution in [3.8, 4) is 0 Å². The molecule has 0 amide bonds. The molecule has 1 fully saturated rings. The van der Waals surface area contributed by atoms with Gasteiger partial charge >= 0.3 is 5.97 Å². The van der Waals surface area contributed by atoms with E-state index in [2.05, 4.69) is 32.6 Å². The second-order valence-corrected chi connectivity index (χ2v) is 6.31. The standard InChI is InChI=1S/C17H18BrNO3/c1-21-17(20)13-7-16(18)19(10-13)14-8-15(9-14)22-11-12-5-3-2-4-6-12/h2-7,10,14-15H,8-9,11H2,1H3. The van der Waals surface area contributed by atoms with Crippen LogP contribution in [0.2, 0.25) is 0 Å². The van der Waals surface area contributed by atoms with Crippen molar-refractivity contribution in [1.29, 1.82) is 0 Å². The molecule has 0 atom stereocenters. The maximum absolute atomic E-state index is 11.6. The molecule has 5 heteroatoms. The Morgan fingerprint density at radius 2 is 2.05 bits per heavy atom. The van der Waals surface area contributed by atoms with Gasteiger partial charge in [0.2, 0.25) is 0 Å². The average Bonchev–Trinajstić information content (AvgIpc) is 2.88. The van der Waals surface area contributed by atoms with Crippen LogP contribution in [0.25, 0.3) is 0 Å². The summed E-state index contributed by atoms with van der Waals surface area (Å²) in [5.41, 5.74) is 1.77. The van der Waals surface area contributed by atoms with Crippen molar-refractivity contribution in [1.82, 2.24) is 4.57 Å². The largest absolute Gasteiger partial charge is 0.465 e. The maximum Gasteiger partial charge on any atom is 0.339 e. The van der Waals surface area contributed by atoms with Gasteiger partial charge in [-0.15, -0.1) is 0 Å². The highest BCUT2D eigenvalue weighted by Crippen LogP contribution is 2.37. The molecule has 4 nitrogen and oxygen atoms in total. The van der Waals surface area contributed by atoms with Crippen LogP contribution in [0.1, 0.15) is 34.8 Å². The molecule has 0 N–H and O–H groups in total. The minimum atomic E-state index is -0.310. The Kier molecular flexibility index (Phi) is 4.64. The Morgan fingerprint density at radius 3 is 2.73 bits per heavy atom. The van der Waals surface area contributed by atoms with Crippen LogP contribution in [0, 0.1) is 0 Å². The molecule has 1 heterocycles. The van der Waals surface area contributed by atoms with Crippen LogP contribution < -0.4 is 0 Å². The first-order chi connectivity index (χ1) is 10.7. The van der Waals surface area contributed by atoms with Gasteiger partial charge in [-0.25, -0.2) is 4.79 Å². The Bertz CT molecular complexity index is 647. The predicted octanol–water partition coefficient (Wildman–Crippen LogP) is 3.96. The van der Waals surface area contributed by atoms with Gasteiger partial charge in [0.1, 0.15) is 0 Å². The van der Waals surface area contributed by atoms with Crippen LogP contribution in [0.15, 0.2) is 47.2 Å². The van der Waals surface area contributed by atoms with Gasteiger partial charge in [-0.3, -0.25) is 0 Å². The van der Waals surface area contributed by atoms with E-state index >= 15 is 0 Å². The molecule has 116 valence electrons. The topological polar surface area (TPSA) is 40.5 Å². The fourth-order valence-electron chi connectivity index (χ4n) is 2.65. The minimum Gasteiger partial charge on any atom is -0.465 e. The minimum absolute atomic E-state index is 0.279. The van der Waals surface area contributed by atoms with Crippen molar-refractivity contribution >= 4 is 21.9 Å². The second kappa shape index (κ2) is 6.67. The van der Waals surface area contributed by atoms with Crippen molar-refractivity contribution < 1.29 is 14.3 Å². The van der Waals surface area contributed by atoms with E-state index in [1.807, 2.05) is 24.4 Å². The second-order valence-electron chi connectivity index (χ2n) is 5.49. The molecule has 22 heavy (non-hydrogen) atoms. The van der Waals surface area contributed by atoms with Gasteiger partial charge in [0.05, 0.1) is 30.0 Å². The van der Waals surface area contributed by atoms with E-state index in [1.165, 1.54) is 12.7 Å². The lowest BCUT2D eigenvalue weighted by atomic mass is 9.89. The fourth-order valence-corrected chi connectivity index (χ4v) is 3.29. The van der Waals surface area contributed by atoms with E-state index in [9.17, 15) is 4.79 Å². The fraction of sp³-hybridized carbons (Fsp3) is 0.353. The molecule has 0 bridgehead atoms. The highest BCUT2D eigenvalue weighted by Gasteiger charge is 2.32. The van der Waals surface area contributed by atoms with Gasteiger partial charge in [-0.05, 0) is 40.4 Å². The molecule has 0 radical (unpaired) electrons. The first-order valence-electron chi connectivity index (χ1n) is 7.28. The number of benzene rings is 1. The van der Waals surface area contributed by atoms with Crippen LogP contribution in [0.5, 0.6) is 0 Å². The molecule has 0 unspecified atom stereocenters. The molecule has 2 aromatic rings. The summed E-state index contributed by atoms with van der Waals surface area (Å²) < 4.78 is 13.6. The van der Waals surface area contributed by atoms with E-state index in [1.54, 1.807) is 6.07 Å². The number of hydrogen-bond donors (Lipinski definition) is 0. The van der Waals surface area contributed by atoms with E-state index in [0.29, 0.717) is 18.2 Å². The van der Waals surface area contributed by atoms with Crippen LogP contribution in [-0.4, -0.2) is 23.8 Å². The maximum atomic E-state index is 11.6. The molecule has 1 aliphatic rings. The molecular weight excluding hydrogens is 346 g/mol. The van der Waals surface area contributed by atoms with Crippen molar-refractivity contribution in [2.24, 2.45) is 0 Å². The van der Waals surface area contributed by atoms with Gasteiger partial charge in [0.25, 0.3) is 0 Å². The first-order valence-corrected chi connectivity index (χ1v) is 8.08. The Balaban J connectivity index is 1.53. The van der Waals surface area contributed by atoms with E-state index in [-0.39, 0.29) is 12.1 Å². The summed E-state index contributed by atoms with van der Waals surface area (Å²) in [5.74, 6) is -0.310. The Hall–Kier alpha value is -1.59. The lowest BCUT2D eigenvalue weighted by molar-refractivity contribution is -0.0360. The first kappa shape index (κ1) is 15.3. The van der Waals surface area contributed by atoms with E-state index < -0.39 is 0 Å². The van der Waals surface area contributed by atoms with Gasteiger partial charge < -0.3 is 14.0 Å². The van der Waals surface area contributed by atoms with Gasteiger partial charge in [-0.1, -0.05) is 30.3 Å². The van der Waals surface area contributed by atoms with Gasteiger partial charge in [0.15, 0.2) is 0 Å². The zero-order chi connectivity index (χ0) is 15.5. The highest BCUT2D eigenvalue weighted by atomic mass is 79.9. The summed E-state index contributed by atoms with van der Waals surface area (Å²) in [6, 6.07) is 12.4. The number of rotatable bonds is 5. The number of halogens is 1. The van der Waals surface area contributed by atoms with E-state index in [4.69, 9.17) is 9.47 Å². The molecule has 1 aromatic carbocycles. The summed E-state index contributed by atoms with van der Waals surface area (Å²) in [7, 11) is 1.39. The lowest BCUT2D eigenvalue weighted by Gasteiger charge is -2.36. The van der Waals surface area contributed by atoms with Crippen molar-refractivity contribution in [2.75, 3.05) is 7.11 Å². The van der Waals surface area contributed by atoms with Crippen molar-refractivity contribution in [3.05, 3.63) is 58.3 Å². The molecule has 0 saturated heterocycles. The van der Waals surface area contributed by atoms with Crippen LogP contribution in [0.4, 0.5) is 0 Å². The molecule has 1 saturated carbocycles. The SMILES string of the molecule is COC(=O)c1cc(Br)n(C2CC(OCc3ccccc3)C2)c1. The normalized spacial score (nSPS) is 20.5. The summed E-state index contributed by atoms with van der Waals surface area (Å²) in [6.45, 7) is 0.651. The summed E-state index contributed by atoms with van der Waals surface area (Å²) in [6.07, 6.45) is 4.04. The summed E-state index contributed by atoms with van der Waals surface area (Å²) in [5, 5.41) is 0. The van der Waals surface area contributed by atoms with E-state index in [0.717, 1.165) is 17.4 Å². The number of nitrogens with zero attached hydrogens (tertiary/aromatic N) is 1. The van der Waals surface area contributed by atoms with Crippen molar-refractivity contribution in [2.45, 2.75) is 31.6 Å². The van der Waals surface area contributed by atoms with Crippen LogP contribution in [0.3, 0.4) is 0 Å². The number of carbonyl (C=O) groups is 1. The molecule has 3 rings (SSSR count). The smallest absolute Gasteiger partial charge is 0.339 e. The van der Waals surface area contributed by atoms with Crippen LogP contribution >= 0.6 is 15.9 Å². The number of esters is 1. The van der Waals surface area contributed by atoms with Crippen molar-refractivity contribution in [3.63, 3.8) is 0 Å².